The molecule has 2 bridgehead atoms. The van der Waals surface area contributed by atoms with E-state index in [4.69, 9.17) is 9.47 Å². The maximum atomic E-state index is 13.7. The van der Waals surface area contributed by atoms with Crippen LogP contribution in [0.5, 0.6) is 11.5 Å². The molecule has 29 heavy (non-hydrogen) atoms. The number of hydrogen-bond donors (Lipinski definition) is 0. The van der Waals surface area contributed by atoms with Crippen molar-refractivity contribution >= 4 is 33.4 Å². The number of benzene rings is 1. The van der Waals surface area contributed by atoms with Gasteiger partial charge in [-0.2, -0.15) is 5.26 Å². The summed E-state index contributed by atoms with van der Waals surface area (Å²) < 4.78 is 10.9. The first-order valence-electron chi connectivity index (χ1n) is 9.18. The van der Waals surface area contributed by atoms with Gasteiger partial charge in [0.15, 0.2) is 16.4 Å². The Morgan fingerprint density at radius 2 is 2.10 bits per heavy atom. The number of amides is 2. The second-order valence-corrected chi connectivity index (χ2v) is 10.3. The van der Waals surface area contributed by atoms with Gasteiger partial charge in [0.05, 0.1) is 17.5 Å². The lowest BCUT2D eigenvalue weighted by Crippen LogP contribution is -2.67. The van der Waals surface area contributed by atoms with Crippen molar-refractivity contribution in [3.63, 3.8) is 0 Å². The van der Waals surface area contributed by atoms with E-state index in [2.05, 4.69) is 12.6 Å². The van der Waals surface area contributed by atoms with Crippen LogP contribution in [0.4, 0.5) is 0 Å². The van der Waals surface area contributed by atoms with Crippen molar-refractivity contribution in [2.45, 2.75) is 24.8 Å². The summed E-state index contributed by atoms with van der Waals surface area (Å²) >= 11 is 0. The van der Waals surface area contributed by atoms with Crippen LogP contribution in [0, 0.1) is 16.7 Å². The van der Waals surface area contributed by atoms with Crippen molar-refractivity contribution in [1.29, 1.82) is 5.26 Å². The van der Waals surface area contributed by atoms with Crippen LogP contribution in [0.15, 0.2) is 30.9 Å². The van der Waals surface area contributed by atoms with Gasteiger partial charge in [0, 0.05) is 12.3 Å². The van der Waals surface area contributed by atoms with Crippen LogP contribution >= 0.6 is 21.6 Å². The van der Waals surface area contributed by atoms with Gasteiger partial charge in [0.2, 0.25) is 12.7 Å². The molecule has 3 aliphatic heterocycles. The standard InChI is InChI=1S/C20H21N3O4S2/c1-4-7-23-16(24)9-22-17(13-5-6-14-15(8-13)27-12-26-14)19(2,10-21)11-28-29-20(23,3)18(22)25/h4-6,8,17H,1,7,9,11-12H2,2-3H3/t17?,19-,20+/m0/s1. The SMILES string of the molecule is C=CCN1C(=O)CN2C(=O)[C@@]1(C)SSC[C@](C)(C#N)C2c1ccc2c(c1)OCO2. The maximum absolute atomic E-state index is 13.7. The summed E-state index contributed by atoms with van der Waals surface area (Å²) in [7, 11) is 2.79. The van der Waals surface area contributed by atoms with Crippen molar-refractivity contribution in [2.24, 2.45) is 5.41 Å². The van der Waals surface area contributed by atoms with Crippen LogP contribution in [0.25, 0.3) is 0 Å². The molecule has 0 spiro atoms. The van der Waals surface area contributed by atoms with Gasteiger partial charge in [-0.15, -0.1) is 6.58 Å². The monoisotopic (exact) mass is 431 g/mol. The molecule has 9 heteroatoms. The van der Waals surface area contributed by atoms with Crippen molar-refractivity contribution < 1.29 is 19.1 Å². The lowest BCUT2D eigenvalue weighted by atomic mass is 9.79. The van der Waals surface area contributed by atoms with Crippen molar-refractivity contribution in [3.8, 4) is 17.6 Å². The molecule has 1 unspecified atom stereocenters. The fourth-order valence-corrected chi connectivity index (χ4v) is 7.32. The molecule has 0 saturated carbocycles. The summed E-state index contributed by atoms with van der Waals surface area (Å²) in [6.45, 7) is 7.69. The molecule has 4 rings (SSSR count). The zero-order chi connectivity index (χ0) is 20.8. The van der Waals surface area contributed by atoms with Crippen LogP contribution in [0.3, 0.4) is 0 Å². The van der Waals surface area contributed by atoms with Crippen LogP contribution in [0.1, 0.15) is 25.5 Å². The minimum Gasteiger partial charge on any atom is -0.454 e. The van der Waals surface area contributed by atoms with Crippen molar-refractivity contribution in [1.82, 2.24) is 9.80 Å². The molecule has 0 aromatic heterocycles. The molecule has 3 heterocycles. The third-order valence-electron chi connectivity index (χ3n) is 5.55. The topological polar surface area (TPSA) is 82.9 Å². The third kappa shape index (κ3) is 3.06. The predicted octanol–water partition coefficient (Wildman–Crippen LogP) is 2.95. The Labute approximate surface area is 177 Å². The summed E-state index contributed by atoms with van der Waals surface area (Å²) in [5, 5.41) is 10.1. The highest BCUT2D eigenvalue weighted by Gasteiger charge is 2.56. The Hall–Kier alpha value is -2.31. The molecule has 2 fully saturated rings. The molecule has 0 aliphatic carbocycles. The number of rotatable bonds is 3. The van der Waals surface area contributed by atoms with Gasteiger partial charge < -0.3 is 19.3 Å². The summed E-state index contributed by atoms with van der Waals surface area (Å²) in [6.07, 6.45) is 1.63. The van der Waals surface area contributed by atoms with E-state index >= 15 is 0 Å². The summed E-state index contributed by atoms with van der Waals surface area (Å²) in [4.78, 5) is 28.7. The molecule has 0 N–H and O–H groups in total. The molecule has 0 radical (unpaired) electrons. The largest absolute Gasteiger partial charge is 0.454 e. The van der Waals surface area contributed by atoms with E-state index in [0.717, 1.165) is 5.56 Å². The Morgan fingerprint density at radius 1 is 1.34 bits per heavy atom. The lowest BCUT2D eigenvalue weighted by Gasteiger charge is -2.52. The number of nitriles is 1. The van der Waals surface area contributed by atoms with Crippen LogP contribution in [-0.4, -0.2) is 52.1 Å². The number of carbonyl (C=O) groups excluding carboxylic acids is 2. The zero-order valence-electron chi connectivity index (χ0n) is 16.2. The third-order valence-corrected chi connectivity index (χ3v) is 8.79. The second kappa shape index (κ2) is 7.18. The number of fused-ring (bicyclic) bond motifs is 3. The minimum absolute atomic E-state index is 0.0795. The van der Waals surface area contributed by atoms with Crippen LogP contribution < -0.4 is 9.47 Å². The summed E-state index contributed by atoms with van der Waals surface area (Å²) in [5.41, 5.74) is -0.130. The molecule has 7 nitrogen and oxygen atoms in total. The van der Waals surface area contributed by atoms with Gasteiger partial charge in [-0.05, 0) is 31.5 Å². The average molecular weight is 432 g/mol. The van der Waals surface area contributed by atoms with Gasteiger partial charge in [0.1, 0.15) is 6.54 Å². The quantitative estimate of drug-likeness (QED) is 0.537. The Balaban J connectivity index is 1.83. The lowest BCUT2D eigenvalue weighted by molar-refractivity contribution is -0.161. The van der Waals surface area contributed by atoms with Crippen LogP contribution in [-0.2, 0) is 9.59 Å². The molecular weight excluding hydrogens is 410 g/mol. The first-order chi connectivity index (χ1) is 13.8. The van der Waals surface area contributed by atoms with Gasteiger partial charge in [-0.3, -0.25) is 9.59 Å². The van der Waals surface area contributed by atoms with E-state index in [1.165, 1.54) is 21.6 Å². The molecular formula is C20H21N3O4S2. The molecule has 152 valence electrons. The van der Waals surface area contributed by atoms with E-state index in [9.17, 15) is 14.9 Å². The second-order valence-electron chi connectivity index (χ2n) is 7.60. The Bertz CT molecular complexity index is 933. The van der Waals surface area contributed by atoms with Gasteiger partial charge in [-0.1, -0.05) is 33.7 Å². The highest BCUT2D eigenvalue weighted by Crippen LogP contribution is 2.53. The normalized spacial score (nSPS) is 31.1. The van der Waals surface area contributed by atoms with Crippen LogP contribution in [0.2, 0.25) is 0 Å². The minimum atomic E-state index is -1.06. The number of carbonyl (C=O) groups is 2. The highest BCUT2D eigenvalue weighted by atomic mass is 33.1. The average Bonchev–Trinajstić information content (AvgIpc) is 3.17. The molecule has 2 saturated heterocycles. The van der Waals surface area contributed by atoms with E-state index in [0.29, 0.717) is 23.8 Å². The molecule has 1 aromatic rings. The maximum Gasteiger partial charge on any atom is 0.260 e. The number of piperazine rings is 1. The first-order valence-corrected chi connectivity index (χ1v) is 11.5. The fourth-order valence-electron chi connectivity index (χ4n) is 4.03. The van der Waals surface area contributed by atoms with E-state index in [-0.39, 0.29) is 25.2 Å². The molecule has 1 aromatic carbocycles. The zero-order valence-corrected chi connectivity index (χ0v) is 17.8. The van der Waals surface area contributed by atoms with Crippen molar-refractivity contribution in [2.75, 3.05) is 25.6 Å². The van der Waals surface area contributed by atoms with E-state index in [1.54, 1.807) is 28.9 Å². The Morgan fingerprint density at radius 3 is 2.83 bits per heavy atom. The van der Waals surface area contributed by atoms with Gasteiger partial charge >= 0.3 is 0 Å². The fraction of sp³-hybridized carbons (Fsp3) is 0.450. The predicted molar refractivity (Wildman–Crippen MR) is 111 cm³/mol. The number of nitrogens with zero attached hydrogens (tertiary/aromatic N) is 3. The highest BCUT2D eigenvalue weighted by molar-refractivity contribution is 8.77. The van der Waals surface area contributed by atoms with E-state index in [1.807, 2.05) is 19.1 Å². The summed E-state index contributed by atoms with van der Waals surface area (Å²) in [6, 6.07) is 7.27. The molecule has 3 atom stereocenters. The number of ether oxygens (including phenoxy) is 2. The smallest absolute Gasteiger partial charge is 0.260 e. The van der Waals surface area contributed by atoms with Gasteiger partial charge in [0.25, 0.3) is 5.91 Å². The summed E-state index contributed by atoms with van der Waals surface area (Å²) in [5.74, 6) is 1.38. The van der Waals surface area contributed by atoms with Gasteiger partial charge in [-0.25, -0.2) is 0 Å². The van der Waals surface area contributed by atoms with E-state index < -0.39 is 16.3 Å². The number of hydrogen-bond acceptors (Lipinski definition) is 7. The first kappa shape index (κ1) is 20.0. The van der Waals surface area contributed by atoms with Crippen molar-refractivity contribution in [3.05, 3.63) is 36.4 Å². The molecule has 2 amide bonds. The molecule has 3 aliphatic rings. The Kier molecular flexibility index (Phi) is 4.95.